The molecule has 21 heavy (non-hydrogen) atoms. The van der Waals surface area contributed by atoms with Crippen molar-refractivity contribution in [2.45, 2.75) is 26.3 Å². The highest BCUT2D eigenvalue weighted by Gasteiger charge is 2.06. The highest BCUT2D eigenvalue weighted by molar-refractivity contribution is 5.37. The van der Waals surface area contributed by atoms with Crippen molar-refractivity contribution >= 4 is 5.82 Å². The number of nitrogens with zero attached hydrogens (tertiary/aromatic N) is 2. The quantitative estimate of drug-likeness (QED) is 0.600. The van der Waals surface area contributed by atoms with Gasteiger partial charge in [-0.25, -0.2) is 4.98 Å². The van der Waals surface area contributed by atoms with E-state index in [9.17, 15) is 0 Å². The van der Waals surface area contributed by atoms with Gasteiger partial charge in [-0.2, -0.15) is 0 Å². The van der Waals surface area contributed by atoms with Crippen LogP contribution in [0.2, 0.25) is 0 Å². The minimum atomic E-state index is 0.749. The Bertz CT molecular complexity index is 374. The first kappa shape index (κ1) is 17.9. The summed E-state index contributed by atoms with van der Waals surface area (Å²) in [6, 6.07) is 4.21. The van der Waals surface area contributed by atoms with Crippen molar-refractivity contribution in [1.29, 1.82) is 0 Å². The molecule has 0 atom stereocenters. The summed E-state index contributed by atoms with van der Waals surface area (Å²) in [6.07, 6.45) is 4.01. The van der Waals surface area contributed by atoms with Crippen LogP contribution >= 0.6 is 0 Å². The van der Waals surface area contributed by atoms with Crippen molar-refractivity contribution in [3.8, 4) is 0 Å². The highest BCUT2D eigenvalue weighted by Crippen LogP contribution is 2.10. The van der Waals surface area contributed by atoms with E-state index >= 15 is 0 Å². The van der Waals surface area contributed by atoms with Gasteiger partial charge in [-0.3, -0.25) is 4.90 Å². The fraction of sp³-hybridized carbons (Fsp3) is 0.688. The lowest BCUT2D eigenvalue weighted by Gasteiger charge is -2.22. The monoisotopic (exact) mass is 295 g/mol. The zero-order chi connectivity index (χ0) is 15.3. The summed E-state index contributed by atoms with van der Waals surface area (Å²) < 4.78 is 10.3. The molecular formula is C16H29N3O2. The van der Waals surface area contributed by atoms with E-state index in [-0.39, 0.29) is 0 Å². The van der Waals surface area contributed by atoms with Crippen LogP contribution < -0.4 is 5.32 Å². The molecule has 1 rings (SSSR count). The molecule has 1 aromatic heterocycles. The molecule has 0 aromatic carbocycles. The Morgan fingerprint density at radius 2 is 2.00 bits per heavy atom. The highest BCUT2D eigenvalue weighted by atomic mass is 16.5. The summed E-state index contributed by atoms with van der Waals surface area (Å²) >= 11 is 0. The van der Waals surface area contributed by atoms with Gasteiger partial charge in [0.05, 0.1) is 6.61 Å². The van der Waals surface area contributed by atoms with Gasteiger partial charge < -0.3 is 14.8 Å². The van der Waals surface area contributed by atoms with Crippen LogP contribution in [0, 0.1) is 0 Å². The Balaban J connectivity index is 2.54. The summed E-state index contributed by atoms with van der Waals surface area (Å²) in [6.45, 7) is 7.51. The minimum Gasteiger partial charge on any atom is -0.385 e. The van der Waals surface area contributed by atoms with Gasteiger partial charge in [0, 0.05) is 53.2 Å². The normalized spacial score (nSPS) is 11.0. The largest absolute Gasteiger partial charge is 0.385 e. The molecule has 1 aromatic rings. The number of hydrogen-bond donors (Lipinski definition) is 1. The number of methoxy groups -OCH3 is 2. The Morgan fingerprint density at radius 3 is 2.71 bits per heavy atom. The molecule has 0 aliphatic heterocycles. The van der Waals surface area contributed by atoms with Gasteiger partial charge in [-0.15, -0.1) is 0 Å². The third-order valence-corrected chi connectivity index (χ3v) is 3.22. The molecule has 0 radical (unpaired) electrons. The van der Waals surface area contributed by atoms with Crippen molar-refractivity contribution in [1.82, 2.24) is 9.88 Å². The van der Waals surface area contributed by atoms with Crippen molar-refractivity contribution in [2.24, 2.45) is 0 Å². The molecule has 0 saturated carbocycles. The van der Waals surface area contributed by atoms with Gasteiger partial charge in [0.15, 0.2) is 0 Å². The van der Waals surface area contributed by atoms with Crippen LogP contribution in [0.15, 0.2) is 18.3 Å². The molecule has 0 spiro atoms. The number of ether oxygens (including phenoxy) is 2. The smallest absolute Gasteiger partial charge is 0.126 e. The Labute approximate surface area is 128 Å². The second-order valence-corrected chi connectivity index (χ2v) is 5.09. The molecule has 5 nitrogen and oxygen atoms in total. The Hall–Kier alpha value is -1.17. The zero-order valence-electron chi connectivity index (χ0n) is 13.6. The van der Waals surface area contributed by atoms with Crippen LogP contribution in [-0.4, -0.2) is 57.0 Å². The average Bonchev–Trinajstić information content (AvgIpc) is 2.51. The topological polar surface area (TPSA) is 46.6 Å². The van der Waals surface area contributed by atoms with Crippen molar-refractivity contribution in [3.05, 3.63) is 23.9 Å². The molecule has 0 aliphatic carbocycles. The van der Waals surface area contributed by atoms with E-state index in [2.05, 4.69) is 34.3 Å². The van der Waals surface area contributed by atoms with Gasteiger partial charge in [-0.05, 0) is 30.5 Å². The molecular weight excluding hydrogens is 266 g/mol. The van der Waals surface area contributed by atoms with Gasteiger partial charge >= 0.3 is 0 Å². The molecule has 1 heterocycles. The first-order valence-electron chi connectivity index (χ1n) is 7.69. The third kappa shape index (κ3) is 7.99. The maximum atomic E-state index is 5.20. The lowest BCUT2D eigenvalue weighted by Crippen LogP contribution is -2.28. The molecule has 0 unspecified atom stereocenters. The summed E-state index contributed by atoms with van der Waals surface area (Å²) in [7, 11) is 3.49. The first-order valence-corrected chi connectivity index (χ1v) is 7.69. The second-order valence-electron chi connectivity index (χ2n) is 5.09. The lowest BCUT2D eigenvalue weighted by molar-refractivity contribution is 0.129. The molecule has 0 bridgehead atoms. The van der Waals surface area contributed by atoms with Gasteiger partial charge in [0.1, 0.15) is 5.82 Å². The van der Waals surface area contributed by atoms with Gasteiger partial charge in [0.2, 0.25) is 0 Å². The van der Waals surface area contributed by atoms with E-state index < -0.39 is 0 Å². The van der Waals surface area contributed by atoms with Crippen LogP contribution in [-0.2, 0) is 16.0 Å². The summed E-state index contributed by atoms with van der Waals surface area (Å²) in [5.41, 5.74) is 1.28. The molecule has 0 amide bonds. The van der Waals surface area contributed by atoms with Crippen molar-refractivity contribution < 1.29 is 9.47 Å². The Morgan fingerprint density at radius 1 is 1.19 bits per heavy atom. The molecule has 0 fully saturated rings. The average molecular weight is 295 g/mol. The van der Waals surface area contributed by atoms with Crippen molar-refractivity contribution in [3.63, 3.8) is 0 Å². The van der Waals surface area contributed by atoms with Crippen LogP contribution in [0.4, 0.5) is 5.82 Å². The maximum absolute atomic E-state index is 5.20. The predicted molar refractivity (Wildman–Crippen MR) is 86.7 cm³/mol. The molecule has 5 heteroatoms. The van der Waals surface area contributed by atoms with Crippen molar-refractivity contribution in [2.75, 3.05) is 52.4 Å². The summed E-state index contributed by atoms with van der Waals surface area (Å²) in [5, 5.41) is 3.33. The fourth-order valence-corrected chi connectivity index (χ4v) is 2.10. The van der Waals surface area contributed by atoms with Gasteiger partial charge in [0.25, 0.3) is 0 Å². The number of aromatic nitrogens is 1. The number of anilines is 1. The molecule has 0 saturated heterocycles. The van der Waals surface area contributed by atoms with E-state index in [1.165, 1.54) is 5.56 Å². The minimum absolute atomic E-state index is 0.749. The van der Waals surface area contributed by atoms with E-state index in [1.54, 1.807) is 14.2 Å². The third-order valence-electron chi connectivity index (χ3n) is 3.22. The van der Waals surface area contributed by atoms with Crippen LogP contribution in [0.1, 0.15) is 25.3 Å². The number of nitrogens with one attached hydrogen (secondary N) is 1. The van der Waals surface area contributed by atoms with E-state index in [4.69, 9.17) is 9.47 Å². The summed E-state index contributed by atoms with van der Waals surface area (Å²) in [5.74, 6) is 0.956. The fourth-order valence-electron chi connectivity index (χ4n) is 2.10. The van der Waals surface area contributed by atoms with Gasteiger partial charge in [-0.1, -0.05) is 6.92 Å². The molecule has 120 valence electrons. The van der Waals surface area contributed by atoms with Crippen LogP contribution in [0.25, 0.3) is 0 Å². The van der Waals surface area contributed by atoms with Crippen LogP contribution in [0.3, 0.4) is 0 Å². The SMILES string of the molecule is CCCNc1cc(CN(CCCOC)CCOC)ccn1. The van der Waals surface area contributed by atoms with E-state index in [1.807, 2.05) is 6.20 Å². The first-order chi connectivity index (χ1) is 10.3. The Kier molecular flexibility index (Phi) is 9.78. The maximum Gasteiger partial charge on any atom is 0.126 e. The summed E-state index contributed by atoms with van der Waals surface area (Å²) in [4.78, 5) is 6.74. The number of pyridine rings is 1. The standard InChI is InChI=1S/C16H29N3O2/c1-4-7-17-16-13-15(6-8-18-16)14-19(10-12-21-3)9-5-11-20-2/h6,8,13H,4-5,7,9-12,14H2,1-3H3,(H,17,18). The zero-order valence-corrected chi connectivity index (χ0v) is 13.6. The van der Waals surface area contributed by atoms with Crippen LogP contribution in [0.5, 0.6) is 0 Å². The lowest BCUT2D eigenvalue weighted by atomic mass is 10.2. The molecule has 0 aliphatic rings. The van der Waals surface area contributed by atoms with E-state index in [0.29, 0.717) is 0 Å². The molecule has 1 N–H and O–H groups in total. The number of rotatable bonds is 12. The second kappa shape index (κ2) is 11.5. The number of hydrogen-bond acceptors (Lipinski definition) is 5. The van der Waals surface area contributed by atoms with E-state index in [0.717, 1.165) is 58.1 Å². The predicted octanol–water partition coefficient (Wildman–Crippen LogP) is 2.39.